The number of hydrogen-bond donors (Lipinski definition) is 1. The average Bonchev–Trinajstić information content (AvgIpc) is 2.70. The van der Waals surface area contributed by atoms with Crippen LogP contribution in [0.4, 0.5) is 5.13 Å². The molecule has 0 bridgehead atoms. The minimum atomic E-state index is -0.792. The lowest BCUT2D eigenvalue weighted by molar-refractivity contribution is -0.136. The van der Waals surface area contributed by atoms with Crippen LogP contribution >= 0.6 is 11.3 Å². The van der Waals surface area contributed by atoms with Crippen LogP contribution in [0.1, 0.15) is 6.42 Å². The normalized spacial score (nSPS) is 10.7. The molecule has 1 rings (SSSR count). The Morgan fingerprint density at radius 1 is 1.44 bits per heavy atom. The summed E-state index contributed by atoms with van der Waals surface area (Å²) in [5.41, 5.74) is 1.65. The minimum absolute atomic E-state index is 0.118. The summed E-state index contributed by atoms with van der Waals surface area (Å²) in [6, 6.07) is 0. The van der Waals surface area contributed by atoms with Gasteiger partial charge in [-0.2, -0.15) is 0 Å². The zero-order valence-corrected chi connectivity index (χ0v) is 10.3. The summed E-state index contributed by atoms with van der Waals surface area (Å²) in [7, 11) is 3.96. The van der Waals surface area contributed by atoms with Gasteiger partial charge < -0.3 is 14.9 Å². The summed E-state index contributed by atoms with van der Waals surface area (Å²) in [6.07, 6.45) is 0.118. The van der Waals surface area contributed by atoms with Crippen molar-refractivity contribution in [2.45, 2.75) is 6.42 Å². The molecule has 16 heavy (non-hydrogen) atoms. The molecular formula is C9H16N4O2S. The lowest BCUT2D eigenvalue weighted by Gasteiger charge is -2.22. The Balaban J connectivity index is 2.51. The number of carboxylic acids is 1. The largest absolute Gasteiger partial charge is 0.481 e. The average molecular weight is 244 g/mol. The highest BCUT2D eigenvalue weighted by molar-refractivity contribution is 7.13. The van der Waals surface area contributed by atoms with E-state index >= 15 is 0 Å². The monoisotopic (exact) mass is 244 g/mol. The molecule has 0 unspecified atom stereocenters. The first-order valence-corrected chi connectivity index (χ1v) is 5.85. The van der Waals surface area contributed by atoms with Crippen LogP contribution in [0.25, 0.3) is 0 Å². The molecule has 0 fully saturated rings. The lowest BCUT2D eigenvalue weighted by atomic mass is 10.4. The molecule has 1 heterocycles. The van der Waals surface area contributed by atoms with Crippen molar-refractivity contribution in [3.63, 3.8) is 0 Å². The van der Waals surface area contributed by atoms with E-state index in [4.69, 9.17) is 5.11 Å². The smallest absolute Gasteiger partial charge is 0.305 e. The molecule has 0 aliphatic heterocycles. The van der Waals surface area contributed by atoms with E-state index in [2.05, 4.69) is 15.1 Å². The van der Waals surface area contributed by atoms with Crippen LogP contribution in [0.5, 0.6) is 0 Å². The minimum Gasteiger partial charge on any atom is -0.481 e. The van der Waals surface area contributed by atoms with E-state index < -0.39 is 5.97 Å². The number of carbonyl (C=O) groups is 1. The fourth-order valence-corrected chi connectivity index (χ4v) is 1.77. The molecule has 0 saturated carbocycles. The van der Waals surface area contributed by atoms with Crippen molar-refractivity contribution in [1.29, 1.82) is 0 Å². The highest BCUT2D eigenvalue weighted by Crippen LogP contribution is 2.15. The molecule has 0 aromatic carbocycles. The van der Waals surface area contributed by atoms with Crippen molar-refractivity contribution >= 4 is 22.4 Å². The van der Waals surface area contributed by atoms with Gasteiger partial charge in [-0.1, -0.05) is 11.3 Å². The van der Waals surface area contributed by atoms with Crippen molar-refractivity contribution in [2.75, 3.05) is 38.6 Å². The zero-order chi connectivity index (χ0) is 12.0. The van der Waals surface area contributed by atoms with Crippen LogP contribution < -0.4 is 4.90 Å². The summed E-state index contributed by atoms with van der Waals surface area (Å²) in [5.74, 6) is -0.792. The predicted octanol–water partition coefficient (Wildman–Crippen LogP) is 0.381. The van der Waals surface area contributed by atoms with Gasteiger partial charge in [0.25, 0.3) is 0 Å². The molecule has 90 valence electrons. The third kappa shape index (κ3) is 4.54. The number of hydrogen-bond acceptors (Lipinski definition) is 6. The Morgan fingerprint density at radius 3 is 2.69 bits per heavy atom. The molecule has 1 N–H and O–H groups in total. The standard InChI is InChI=1S/C9H16N4O2S/c1-12(2)5-6-13(4-3-8(14)15)9-11-10-7-16-9/h7H,3-6H2,1-2H3,(H,14,15). The second-order valence-electron chi connectivity index (χ2n) is 3.66. The fraction of sp³-hybridized carbons (Fsp3) is 0.667. The summed E-state index contributed by atoms with van der Waals surface area (Å²) >= 11 is 1.43. The number of nitrogens with zero attached hydrogens (tertiary/aromatic N) is 4. The van der Waals surface area contributed by atoms with E-state index in [1.165, 1.54) is 11.3 Å². The molecule has 6 nitrogen and oxygen atoms in total. The van der Waals surface area contributed by atoms with Crippen molar-refractivity contribution in [2.24, 2.45) is 0 Å². The van der Waals surface area contributed by atoms with Crippen molar-refractivity contribution in [3.8, 4) is 0 Å². The van der Waals surface area contributed by atoms with Crippen LogP contribution in [0, 0.1) is 0 Å². The Hall–Kier alpha value is -1.21. The first-order chi connectivity index (χ1) is 7.59. The van der Waals surface area contributed by atoms with E-state index in [1.807, 2.05) is 19.0 Å². The first-order valence-electron chi connectivity index (χ1n) is 4.97. The molecule has 7 heteroatoms. The van der Waals surface area contributed by atoms with Gasteiger partial charge in [-0.15, -0.1) is 10.2 Å². The van der Waals surface area contributed by atoms with E-state index in [0.29, 0.717) is 6.54 Å². The highest BCUT2D eigenvalue weighted by Gasteiger charge is 2.11. The second-order valence-corrected chi connectivity index (χ2v) is 4.47. The molecule has 0 amide bonds. The van der Waals surface area contributed by atoms with Crippen LogP contribution in [0.15, 0.2) is 5.51 Å². The Bertz CT molecular complexity index is 315. The third-order valence-corrected chi connectivity index (χ3v) is 2.78. The maximum atomic E-state index is 10.5. The Kier molecular flexibility index (Phi) is 5.13. The fourth-order valence-electron chi connectivity index (χ4n) is 1.16. The third-order valence-electron chi connectivity index (χ3n) is 2.03. The summed E-state index contributed by atoms with van der Waals surface area (Å²) in [5, 5.41) is 17.2. The SMILES string of the molecule is CN(C)CCN(CCC(=O)O)c1nncs1. The Labute approximate surface area is 98.5 Å². The lowest BCUT2D eigenvalue weighted by Crippen LogP contribution is -2.33. The molecular weight excluding hydrogens is 228 g/mol. The van der Waals surface area contributed by atoms with Gasteiger partial charge in [0, 0.05) is 19.6 Å². The predicted molar refractivity (Wildman–Crippen MR) is 62.9 cm³/mol. The molecule has 0 atom stereocenters. The maximum absolute atomic E-state index is 10.5. The van der Waals surface area contributed by atoms with Crippen LogP contribution in [0.3, 0.4) is 0 Å². The van der Waals surface area contributed by atoms with E-state index in [0.717, 1.165) is 18.2 Å². The summed E-state index contributed by atoms with van der Waals surface area (Å²) in [4.78, 5) is 14.5. The number of anilines is 1. The highest BCUT2D eigenvalue weighted by atomic mass is 32.1. The number of aromatic nitrogens is 2. The van der Waals surface area contributed by atoms with Crippen molar-refractivity contribution in [1.82, 2.24) is 15.1 Å². The molecule has 0 saturated heterocycles. The van der Waals surface area contributed by atoms with Gasteiger partial charge >= 0.3 is 5.97 Å². The summed E-state index contributed by atoms with van der Waals surface area (Å²) in [6.45, 7) is 2.09. The molecule has 0 aliphatic carbocycles. The molecule has 1 aromatic rings. The Morgan fingerprint density at radius 2 is 2.19 bits per heavy atom. The molecule has 0 spiro atoms. The van der Waals surface area contributed by atoms with Gasteiger partial charge in [0.05, 0.1) is 6.42 Å². The summed E-state index contributed by atoms with van der Waals surface area (Å²) < 4.78 is 0. The number of carboxylic acid groups (broad SMARTS) is 1. The quantitative estimate of drug-likeness (QED) is 0.748. The van der Waals surface area contributed by atoms with E-state index in [1.54, 1.807) is 5.51 Å². The number of aliphatic carboxylic acids is 1. The first kappa shape index (κ1) is 12.9. The van der Waals surface area contributed by atoms with Gasteiger partial charge in [0.1, 0.15) is 5.51 Å². The van der Waals surface area contributed by atoms with Gasteiger partial charge in [0.15, 0.2) is 0 Å². The van der Waals surface area contributed by atoms with Gasteiger partial charge in [-0.25, -0.2) is 0 Å². The van der Waals surface area contributed by atoms with Crippen LogP contribution in [0.2, 0.25) is 0 Å². The topological polar surface area (TPSA) is 69.6 Å². The second kappa shape index (κ2) is 6.39. The number of rotatable bonds is 7. The number of likely N-dealkylation sites (N-methyl/N-ethyl adjacent to an activating group) is 1. The van der Waals surface area contributed by atoms with Crippen molar-refractivity contribution < 1.29 is 9.90 Å². The molecule has 0 radical (unpaired) electrons. The maximum Gasteiger partial charge on any atom is 0.305 e. The van der Waals surface area contributed by atoms with E-state index in [-0.39, 0.29) is 6.42 Å². The van der Waals surface area contributed by atoms with Gasteiger partial charge in [-0.3, -0.25) is 4.79 Å². The van der Waals surface area contributed by atoms with Gasteiger partial charge in [-0.05, 0) is 14.1 Å². The van der Waals surface area contributed by atoms with Crippen LogP contribution in [-0.2, 0) is 4.79 Å². The van der Waals surface area contributed by atoms with Crippen molar-refractivity contribution in [3.05, 3.63) is 5.51 Å². The zero-order valence-electron chi connectivity index (χ0n) is 9.46. The molecule has 0 aliphatic rings. The molecule has 1 aromatic heterocycles. The van der Waals surface area contributed by atoms with E-state index in [9.17, 15) is 4.79 Å². The van der Waals surface area contributed by atoms with Crippen LogP contribution in [-0.4, -0.2) is 59.9 Å². The van der Waals surface area contributed by atoms with Gasteiger partial charge in [0.2, 0.25) is 5.13 Å².